The Kier molecular flexibility index (Phi) is 7.72. The second kappa shape index (κ2) is 9.89. The highest BCUT2D eigenvalue weighted by Crippen LogP contribution is 2.30. The summed E-state index contributed by atoms with van der Waals surface area (Å²) >= 11 is 0. The molecule has 0 aliphatic heterocycles. The summed E-state index contributed by atoms with van der Waals surface area (Å²) in [6.45, 7) is 8.87. The number of ketones is 1. The lowest BCUT2D eigenvalue weighted by Crippen LogP contribution is -2.40. The van der Waals surface area contributed by atoms with Crippen LogP contribution in [-0.2, 0) is 9.53 Å². The van der Waals surface area contributed by atoms with Crippen molar-refractivity contribution in [2.45, 2.75) is 46.6 Å². The van der Waals surface area contributed by atoms with Gasteiger partial charge in [0.25, 0.3) is 0 Å². The summed E-state index contributed by atoms with van der Waals surface area (Å²) in [4.78, 5) is 24.5. The first-order valence-electron chi connectivity index (χ1n) is 9.88. The van der Waals surface area contributed by atoms with Crippen molar-refractivity contribution in [3.63, 3.8) is 0 Å². The van der Waals surface area contributed by atoms with Gasteiger partial charge in [0.1, 0.15) is 11.5 Å². The molecule has 2 aromatic carbocycles. The fourth-order valence-corrected chi connectivity index (χ4v) is 2.93. The first kappa shape index (κ1) is 25.0. The highest BCUT2D eigenvalue weighted by molar-refractivity contribution is 6.06. The highest BCUT2D eigenvalue weighted by atomic mass is 19.4. The first-order valence-corrected chi connectivity index (χ1v) is 9.88. The van der Waals surface area contributed by atoms with E-state index in [-0.39, 0.29) is 18.0 Å². The number of carbonyl (C=O) groups is 2. The summed E-state index contributed by atoms with van der Waals surface area (Å²) in [5, 5.41) is 0. The molecule has 0 atom stereocenters. The van der Waals surface area contributed by atoms with Gasteiger partial charge in [-0.05, 0) is 93.8 Å². The molecule has 0 aliphatic carbocycles. The Morgan fingerprint density at radius 3 is 2.03 bits per heavy atom. The summed E-state index contributed by atoms with van der Waals surface area (Å²) in [7, 11) is 0. The van der Waals surface area contributed by atoms with E-state index in [1.165, 1.54) is 18.2 Å². The average Bonchev–Trinajstić information content (AvgIpc) is 2.68. The number of halogens is 3. The third-order valence-electron chi connectivity index (χ3n) is 4.41. The van der Waals surface area contributed by atoms with Gasteiger partial charge in [-0.3, -0.25) is 4.79 Å². The molecule has 2 aromatic rings. The zero-order valence-electron chi connectivity index (χ0n) is 18.5. The molecule has 0 radical (unpaired) electrons. The van der Waals surface area contributed by atoms with E-state index in [0.29, 0.717) is 5.75 Å². The molecule has 0 fully saturated rings. The van der Waals surface area contributed by atoms with Gasteiger partial charge in [0.15, 0.2) is 11.4 Å². The molecular formula is C24H25F3O5. The van der Waals surface area contributed by atoms with Crippen LogP contribution in [0.5, 0.6) is 11.5 Å². The van der Waals surface area contributed by atoms with Gasteiger partial charge < -0.3 is 14.2 Å². The standard InChI is InChI=1S/C24H25F3O5/c1-6-30-22(29)23(4,5)32-21-15(2)13-17(14-16(21)3)7-12-20(28)18-8-10-19(11-9-18)31-24(25,26)27/h7-14H,6H2,1-5H3. The molecule has 0 unspecified atom stereocenters. The minimum Gasteiger partial charge on any atom is -0.476 e. The second-order valence-electron chi connectivity index (χ2n) is 7.59. The zero-order chi connectivity index (χ0) is 24.1. The molecule has 2 rings (SSSR count). The van der Waals surface area contributed by atoms with Gasteiger partial charge in [0.05, 0.1) is 6.61 Å². The average molecular weight is 450 g/mol. The lowest BCUT2D eigenvalue weighted by Gasteiger charge is -2.26. The van der Waals surface area contributed by atoms with Crippen molar-refractivity contribution >= 4 is 17.8 Å². The molecule has 5 nitrogen and oxygen atoms in total. The number of hydrogen-bond acceptors (Lipinski definition) is 5. The fourth-order valence-electron chi connectivity index (χ4n) is 2.93. The van der Waals surface area contributed by atoms with Crippen LogP contribution in [0.1, 0.15) is 47.8 Å². The third kappa shape index (κ3) is 6.87. The van der Waals surface area contributed by atoms with Crippen molar-refractivity contribution in [2.75, 3.05) is 6.61 Å². The van der Waals surface area contributed by atoms with Crippen LogP contribution < -0.4 is 9.47 Å². The van der Waals surface area contributed by atoms with E-state index in [2.05, 4.69) is 4.74 Å². The summed E-state index contributed by atoms with van der Waals surface area (Å²) in [5.41, 5.74) is 1.32. The van der Waals surface area contributed by atoms with Crippen molar-refractivity contribution in [1.29, 1.82) is 0 Å². The number of ether oxygens (including phenoxy) is 3. The Balaban J connectivity index is 2.14. The molecule has 0 amide bonds. The Morgan fingerprint density at radius 2 is 1.53 bits per heavy atom. The lowest BCUT2D eigenvalue weighted by atomic mass is 10.0. The molecule has 0 saturated heterocycles. The van der Waals surface area contributed by atoms with E-state index in [9.17, 15) is 22.8 Å². The summed E-state index contributed by atoms with van der Waals surface area (Å²) in [5.74, 6) is -0.694. The molecule has 32 heavy (non-hydrogen) atoms. The van der Waals surface area contributed by atoms with E-state index in [0.717, 1.165) is 28.8 Å². The Labute approximate surface area is 184 Å². The van der Waals surface area contributed by atoms with Crippen LogP contribution in [0.4, 0.5) is 13.2 Å². The van der Waals surface area contributed by atoms with Crippen LogP contribution in [-0.4, -0.2) is 30.3 Å². The number of rotatable bonds is 8. The molecule has 0 bridgehead atoms. The van der Waals surface area contributed by atoms with Crippen molar-refractivity contribution in [3.8, 4) is 11.5 Å². The van der Waals surface area contributed by atoms with Gasteiger partial charge in [-0.25, -0.2) is 4.79 Å². The minimum atomic E-state index is -4.79. The number of benzene rings is 2. The smallest absolute Gasteiger partial charge is 0.476 e. The normalized spacial score (nSPS) is 12.0. The van der Waals surface area contributed by atoms with Crippen molar-refractivity contribution in [3.05, 3.63) is 64.7 Å². The first-order chi connectivity index (χ1) is 14.8. The predicted molar refractivity (Wildman–Crippen MR) is 114 cm³/mol. The number of hydrogen-bond donors (Lipinski definition) is 0. The van der Waals surface area contributed by atoms with Gasteiger partial charge in [-0.1, -0.05) is 6.08 Å². The molecule has 0 aliphatic rings. The van der Waals surface area contributed by atoms with Crippen LogP contribution in [0.2, 0.25) is 0 Å². The zero-order valence-corrected chi connectivity index (χ0v) is 18.5. The van der Waals surface area contributed by atoms with Gasteiger partial charge in [-0.15, -0.1) is 13.2 Å². The quantitative estimate of drug-likeness (QED) is 0.288. The fraction of sp³-hybridized carbons (Fsp3) is 0.333. The molecule has 8 heteroatoms. The van der Waals surface area contributed by atoms with Crippen molar-refractivity contribution in [2.24, 2.45) is 0 Å². The number of allylic oxidation sites excluding steroid dienone is 1. The maximum atomic E-state index is 12.3. The highest BCUT2D eigenvalue weighted by Gasteiger charge is 2.33. The Morgan fingerprint density at radius 1 is 0.969 bits per heavy atom. The number of carbonyl (C=O) groups excluding carboxylic acids is 2. The number of alkyl halides is 3. The van der Waals surface area contributed by atoms with E-state index in [4.69, 9.17) is 9.47 Å². The van der Waals surface area contributed by atoms with E-state index < -0.39 is 23.7 Å². The topological polar surface area (TPSA) is 61.8 Å². The molecular weight excluding hydrogens is 425 g/mol. The molecule has 0 saturated carbocycles. The van der Waals surface area contributed by atoms with Crippen LogP contribution in [0.25, 0.3) is 6.08 Å². The SMILES string of the molecule is CCOC(=O)C(C)(C)Oc1c(C)cc(C=CC(=O)c2ccc(OC(F)(F)F)cc2)cc1C. The molecule has 0 aromatic heterocycles. The third-order valence-corrected chi connectivity index (χ3v) is 4.41. The Hall–Kier alpha value is -3.29. The van der Waals surface area contributed by atoms with Gasteiger partial charge in [0, 0.05) is 5.56 Å². The summed E-state index contributed by atoms with van der Waals surface area (Å²) in [6.07, 6.45) is -1.86. The van der Waals surface area contributed by atoms with Gasteiger partial charge in [-0.2, -0.15) is 0 Å². The van der Waals surface area contributed by atoms with Crippen LogP contribution in [0.3, 0.4) is 0 Å². The van der Waals surface area contributed by atoms with Crippen LogP contribution in [0, 0.1) is 13.8 Å². The predicted octanol–water partition coefficient (Wildman–Crippen LogP) is 5.82. The van der Waals surface area contributed by atoms with Crippen molar-refractivity contribution < 1.29 is 37.0 Å². The van der Waals surface area contributed by atoms with E-state index in [1.54, 1.807) is 39.0 Å². The number of esters is 1. The maximum Gasteiger partial charge on any atom is 0.573 e. The monoisotopic (exact) mass is 450 g/mol. The molecule has 0 N–H and O–H groups in total. The number of aryl methyl sites for hydroxylation is 2. The van der Waals surface area contributed by atoms with E-state index in [1.807, 2.05) is 13.8 Å². The van der Waals surface area contributed by atoms with Crippen LogP contribution in [0.15, 0.2) is 42.5 Å². The van der Waals surface area contributed by atoms with Gasteiger partial charge >= 0.3 is 12.3 Å². The van der Waals surface area contributed by atoms with E-state index >= 15 is 0 Å². The summed E-state index contributed by atoms with van der Waals surface area (Å²) in [6, 6.07) is 8.29. The van der Waals surface area contributed by atoms with Crippen molar-refractivity contribution in [1.82, 2.24) is 0 Å². The van der Waals surface area contributed by atoms with Crippen LogP contribution >= 0.6 is 0 Å². The summed E-state index contributed by atoms with van der Waals surface area (Å²) < 4.78 is 51.5. The lowest BCUT2D eigenvalue weighted by molar-refractivity contribution is -0.274. The Bertz CT molecular complexity index is 982. The minimum absolute atomic E-state index is 0.223. The maximum absolute atomic E-state index is 12.3. The molecule has 172 valence electrons. The van der Waals surface area contributed by atoms with Gasteiger partial charge in [0.2, 0.25) is 0 Å². The molecule has 0 heterocycles. The largest absolute Gasteiger partial charge is 0.573 e. The molecule has 0 spiro atoms. The second-order valence-corrected chi connectivity index (χ2v) is 7.59.